The summed E-state index contributed by atoms with van der Waals surface area (Å²) in [5, 5.41) is 9.07. The third-order valence-corrected chi connectivity index (χ3v) is 7.02. The first-order valence-corrected chi connectivity index (χ1v) is 11.3. The summed E-state index contributed by atoms with van der Waals surface area (Å²) in [5.41, 5.74) is 0.679. The molecule has 0 amide bonds. The monoisotopic (exact) mass is 419 g/mol. The Hall–Kier alpha value is -2.76. The number of rotatable bonds is 4. The minimum atomic E-state index is -0.398. The first-order chi connectivity index (χ1) is 14.6. The lowest BCUT2D eigenvalue weighted by Gasteiger charge is -2.33. The fourth-order valence-electron chi connectivity index (χ4n) is 4.34. The van der Waals surface area contributed by atoms with Crippen LogP contribution in [0.1, 0.15) is 66.7 Å². The second-order valence-corrected chi connectivity index (χ2v) is 9.12. The van der Waals surface area contributed by atoms with Crippen molar-refractivity contribution in [1.29, 1.82) is 5.26 Å². The van der Waals surface area contributed by atoms with Crippen LogP contribution in [0.2, 0.25) is 0 Å². The van der Waals surface area contributed by atoms with Gasteiger partial charge in [0.05, 0.1) is 23.5 Å². The number of nitrogens with zero attached hydrogens (tertiary/aromatic N) is 1. The summed E-state index contributed by atoms with van der Waals surface area (Å²) in [4.78, 5) is 13.5. The van der Waals surface area contributed by atoms with Crippen LogP contribution in [0, 0.1) is 23.2 Å². The second kappa shape index (κ2) is 8.94. The van der Waals surface area contributed by atoms with Gasteiger partial charge in [-0.2, -0.15) is 5.26 Å². The molecule has 2 aliphatic carbocycles. The Labute approximate surface area is 181 Å². The molecular formula is C25H25NO3S. The van der Waals surface area contributed by atoms with Gasteiger partial charge in [-0.25, -0.2) is 0 Å². The van der Waals surface area contributed by atoms with Gasteiger partial charge < -0.3 is 9.47 Å². The molecule has 1 aromatic heterocycles. The number of methoxy groups -OCH3 is 1. The summed E-state index contributed by atoms with van der Waals surface area (Å²) < 4.78 is 11.8. The van der Waals surface area contributed by atoms with E-state index in [0.29, 0.717) is 36.3 Å². The van der Waals surface area contributed by atoms with Crippen molar-refractivity contribution in [2.45, 2.75) is 62.9 Å². The summed E-state index contributed by atoms with van der Waals surface area (Å²) in [7, 11) is 1.66. The van der Waals surface area contributed by atoms with Crippen molar-refractivity contribution < 1.29 is 14.3 Å². The summed E-state index contributed by atoms with van der Waals surface area (Å²) in [6, 6.07) is 11.9. The van der Waals surface area contributed by atoms with Gasteiger partial charge in [0.25, 0.3) is 0 Å². The summed E-state index contributed by atoms with van der Waals surface area (Å²) >= 11 is 1.40. The first-order valence-electron chi connectivity index (χ1n) is 10.5. The summed E-state index contributed by atoms with van der Waals surface area (Å²) in [6.07, 6.45) is 7.26. The number of carbonyl (C=O) groups excluding carboxylic acids is 1. The standard InChI is InChI=1S/C25H25NO3S/c1-28-23-9-6-18(16-24(23)29-20-4-2-3-5-20)25(13-10-19(27)11-14-25)15-12-21-7-8-22(17-26)30-21/h6-9,16,20H,2-5,10-11,13-14H2,1H3. The van der Waals surface area contributed by atoms with Crippen LogP contribution >= 0.6 is 11.3 Å². The quantitative estimate of drug-likeness (QED) is 0.624. The van der Waals surface area contributed by atoms with Gasteiger partial charge in [0, 0.05) is 12.8 Å². The maximum atomic E-state index is 12.0. The Morgan fingerprint density at radius 2 is 1.80 bits per heavy atom. The van der Waals surface area contributed by atoms with Gasteiger partial charge in [-0.3, -0.25) is 4.79 Å². The van der Waals surface area contributed by atoms with Crippen LogP contribution in [0.4, 0.5) is 0 Å². The molecule has 0 unspecified atom stereocenters. The Morgan fingerprint density at radius 3 is 2.47 bits per heavy atom. The molecule has 0 bridgehead atoms. The van der Waals surface area contributed by atoms with E-state index in [1.165, 1.54) is 24.2 Å². The number of hydrogen-bond acceptors (Lipinski definition) is 5. The van der Waals surface area contributed by atoms with Crippen molar-refractivity contribution in [2.24, 2.45) is 0 Å². The second-order valence-electron chi connectivity index (χ2n) is 8.04. The minimum absolute atomic E-state index is 0.236. The lowest BCUT2D eigenvalue weighted by molar-refractivity contribution is -0.120. The molecule has 2 aliphatic rings. The highest BCUT2D eigenvalue weighted by molar-refractivity contribution is 7.13. The first kappa shape index (κ1) is 20.5. The van der Waals surface area contributed by atoms with Crippen LogP contribution in [-0.2, 0) is 10.2 Å². The Balaban J connectivity index is 1.70. The zero-order chi connectivity index (χ0) is 21.0. The van der Waals surface area contributed by atoms with Crippen LogP contribution in [0.15, 0.2) is 30.3 Å². The number of carbonyl (C=O) groups is 1. The molecule has 0 radical (unpaired) electrons. The molecular weight excluding hydrogens is 394 g/mol. The van der Waals surface area contributed by atoms with Gasteiger partial charge in [-0.05, 0) is 68.4 Å². The molecule has 0 aliphatic heterocycles. The van der Waals surface area contributed by atoms with Gasteiger partial charge in [0.1, 0.15) is 16.7 Å². The smallest absolute Gasteiger partial charge is 0.161 e. The molecule has 4 nitrogen and oxygen atoms in total. The van der Waals surface area contributed by atoms with E-state index >= 15 is 0 Å². The maximum absolute atomic E-state index is 12.0. The predicted molar refractivity (Wildman–Crippen MR) is 117 cm³/mol. The number of ether oxygens (including phenoxy) is 2. The molecule has 5 heteroatoms. The highest BCUT2D eigenvalue weighted by atomic mass is 32.1. The van der Waals surface area contributed by atoms with E-state index in [4.69, 9.17) is 14.7 Å². The molecule has 0 atom stereocenters. The number of ketones is 1. The highest BCUT2D eigenvalue weighted by Crippen LogP contribution is 2.42. The van der Waals surface area contributed by atoms with Crippen molar-refractivity contribution >= 4 is 17.1 Å². The predicted octanol–water partition coefficient (Wildman–Crippen LogP) is 5.38. The van der Waals surface area contributed by atoms with E-state index in [9.17, 15) is 4.79 Å². The molecule has 30 heavy (non-hydrogen) atoms. The third kappa shape index (κ3) is 4.37. The summed E-state index contributed by atoms with van der Waals surface area (Å²) in [5.74, 6) is 8.56. The normalized spacial score (nSPS) is 18.3. The highest BCUT2D eigenvalue weighted by Gasteiger charge is 2.36. The third-order valence-electron chi connectivity index (χ3n) is 6.11. The van der Waals surface area contributed by atoms with E-state index in [2.05, 4.69) is 30.0 Å². The van der Waals surface area contributed by atoms with Crippen LogP contribution in [0.5, 0.6) is 11.5 Å². The molecule has 1 aromatic carbocycles. The number of Topliss-reactive ketones (excluding diaryl/α,β-unsaturated/α-hetero) is 1. The molecule has 4 rings (SSSR count). The zero-order valence-electron chi connectivity index (χ0n) is 17.2. The van der Waals surface area contributed by atoms with Gasteiger partial charge in [0.15, 0.2) is 11.5 Å². The minimum Gasteiger partial charge on any atom is -0.493 e. The van der Waals surface area contributed by atoms with Crippen molar-refractivity contribution in [3.05, 3.63) is 45.6 Å². The van der Waals surface area contributed by atoms with Crippen molar-refractivity contribution in [3.8, 4) is 29.4 Å². The molecule has 2 saturated carbocycles. The SMILES string of the molecule is COc1ccc(C2(C#Cc3ccc(C#N)s3)CCC(=O)CC2)cc1OC1CCCC1. The van der Waals surface area contributed by atoms with Crippen LogP contribution < -0.4 is 9.47 Å². The molecule has 0 N–H and O–H groups in total. The van der Waals surface area contributed by atoms with Crippen molar-refractivity contribution in [2.75, 3.05) is 7.11 Å². The lowest BCUT2D eigenvalue weighted by Crippen LogP contribution is -2.30. The molecule has 0 spiro atoms. The van der Waals surface area contributed by atoms with Crippen LogP contribution in [0.3, 0.4) is 0 Å². The van der Waals surface area contributed by atoms with E-state index in [-0.39, 0.29) is 6.10 Å². The molecule has 2 aromatic rings. The van der Waals surface area contributed by atoms with E-state index in [1.807, 2.05) is 12.1 Å². The number of thiophene rings is 1. The summed E-state index contributed by atoms with van der Waals surface area (Å²) in [6.45, 7) is 0. The van der Waals surface area contributed by atoms with Gasteiger partial charge in [-0.1, -0.05) is 17.9 Å². The average molecular weight is 420 g/mol. The van der Waals surface area contributed by atoms with Crippen LogP contribution in [-0.4, -0.2) is 19.0 Å². The number of nitriles is 1. The topological polar surface area (TPSA) is 59.3 Å². The van der Waals surface area contributed by atoms with E-state index in [0.717, 1.165) is 34.8 Å². The number of hydrogen-bond donors (Lipinski definition) is 0. The molecule has 2 fully saturated rings. The zero-order valence-corrected chi connectivity index (χ0v) is 18.0. The van der Waals surface area contributed by atoms with E-state index < -0.39 is 5.41 Å². The van der Waals surface area contributed by atoms with E-state index in [1.54, 1.807) is 13.2 Å². The Morgan fingerprint density at radius 1 is 1.07 bits per heavy atom. The van der Waals surface area contributed by atoms with Gasteiger partial charge in [-0.15, -0.1) is 11.3 Å². The van der Waals surface area contributed by atoms with Gasteiger partial charge in [0.2, 0.25) is 0 Å². The van der Waals surface area contributed by atoms with Crippen molar-refractivity contribution in [1.82, 2.24) is 0 Å². The Kier molecular flexibility index (Phi) is 6.11. The number of benzene rings is 1. The maximum Gasteiger partial charge on any atom is 0.161 e. The average Bonchev–Trinajstić information content (AvgIpc) is 3.45. The van der Waals surface area contributed by atoms with Crippen LogP contribution in [0.25, 0.3) is 0 Å². The fraction of sp³-hybridized carbons (Fsp3) is 0.440. The Bertz CT molecular complexity index is 1020. The fourth-order valence-corrected chi connectivity index (χ4v) is 5.00. The molecule has 0 saturated heterocycles. The largest absolute Gasteiger partial charge is 0.493 e. The van der Waals surface area contributed by atoms with Gasteiger partial charge >= 0.3 is 0 Å². The lowest BCUT2D eigenvalue weighted by atomic mass is 9.69. The molecule has 154 valence electrons. The molecule has 1 heterocycles. The van der Waals surface area contributed by atoms with Crippen molar-refractivity contribution in [3.63, 3.8) is 0 Å².